The molecule has 0 unspecified atom stereocenters. The van der Waals surface area contributed by atoms with E-state index in [9.17, 15) is 0 Å². The number of benzene rings is 2. The molecular weight excluding hydrogens is 302 g/mol. The van der Waals surface area contributed by atoms with Crippen LogP contribution in [-0.4, -0.2) is 0 Å². The molecule has 3 rings (SSSR count). The van der Waals surface area contributed by atoms with Gasteiger partial charge in [0.05, 0.1) is 5.02 Å². The summed E-state index contributed by atoms with van der Waals surface area (Å²) in [4.78, 5) is 1.17. The predicted molar refractivity (Wildman–Crippen MR) is 90.2 cm³/mol. The van der Waals surface area contributed by atoms with E-state index in [0.717, 1.165) is 11.1 Å². The molecule has 1 heterocycles. The number of thiophene rings is 1. The third-order valence-corrected chi connectivity index (χ3v) is 4.96. The third kappa shape index (κ3) is 2.91. The number of ether oxygens (including phenoxy) is 1. The second-order valence-electron chi connectivity index (χ2n) is 4.93. The van der Waals surface area contributed by atoms with Crippen molar-refractivity contribution in [3.05, 3.63) is 63.5 Å². The number of hydrogen-bond donors (Lipinski definition) is 1. The number of aryl methyl sites for hydroxylation is 1. The Labute approximate surface area is 133 Å². The molecule has 0 aliphatic rings. The number of nitrogens with two attached hydrogens (primary N) is 1. The first-order valence-electron chi connectivity index (χ1n) is 6.77. The van der Waals surface area contributed by atoms with Crippen molar-refractivity contribution in [1.29, 1.82) is 0 Å². The highest BCUT2D eigenvalue weighted by atomic mass is 35.5. The average molecular weight is 318 g/mol. The van der Waals surface area contributed by atoms with E-state index in [1.807, 2.05) is 37.3 Å². The van der Waals surface area contributed by atoms with Crippen molar-refractivity contribution in [1.82, 2.24) is 0 Å². The molecule has 0 radical (unpaired) electrons. The molecule has 4 heteroatoms. The SMILES string of the molecule is Cc1ccc(OCc2c(CN)sc3ccccc23)c(Cl)c1. The number of hydrogen-bond acceptors (Lipinski definition) is 3. The van der Waals surface area contributed by atoms with Gasteiger partial charge in [0.25, 0.3) is 0 Å². The van der Waals surface area contributed by atoms with E-state index >= 15 is 0 Å². The highest BCUT2D eigenvalue weighted by molar-refractivity contribution is 7.19. The molecule has 108 valence electrons. The summed E-state index contributed by atoms with van der Waals surface area (Å²) in [6.07, 6.45) is 0. The van der Waals surface area contributed by atoms with Gasteiger partial charge in [0.2, 0.25) is 0 Å². The van der Waals surface area contributed by atoms with Crippen LogP contribution in [0, 0.1) is 6.92 Å². The van der Waals surface area contributed by atoms with Crippen LogP contribution in [0.2, 0.25) is 5.02 Å². The monoisotopic (exact) mass is 317 g/mol. The summed E-state index contributed by atoms with van der Waals surface area (Å²) in [5.41, 5.74) is 8.15. The molecule has 0 spiro atoms. The Bertz CT molecular complexity index is 782. The molecule has 2 nitrogen and oxygen atoms in total. The summed E-state index contributed by atoms with van der Waals surface area (Å²) in [6, 6.07) is 14.1. The second-order valence-corrected chi connectivity index (χ2v) is 6.47. The summed E-state index contributed by atoms with van der Waals surface area (Å²) in [5, 5.41) is 1.86. The van der Waals surface area contributed by atoms with Gasteiger partial charge in [-0.15, -0.1) is 11.3 Å². The molecule has 0 aliphatic heterocycles. The first-order chi connectivity index (χ1) is 10.2. The molecule has 3 aromatic rings. The minimum Gasteiger partial charge on any atom is -0.487 e. The van der Waals surface area contributed by atoms with Crippen LogP contribution in [0.25, 0.3) is 10.1 Å². The van der Waals surface area contributed by atoms with Crippen molar-refractivity contribution in [3.8, 4) is 5.75 Å². The maximum absolute atomic E-state index is 6.21. The van der Waals surface area contributed by atoms with Crippen molar-refractivity contribution in [2.24, 2.45) is 5.73 Å². The van der Waals surface area contributed by atoms with Crippen molar-refractivity contribution in [3.63, 3.8) is 0 Å². The zero-order valence-corrected chi connectivity index (χ0v) is 13.3. The Kier molecular flexibility index (Phi) is 4.15. The van der Waals surface area contributed by atoms with E-state index in [0.29, 0.717) is 23.9 Å². The van der Waals surface area contributed by atoms with Crippen molar-refractivity contribution < 1.29 is 4.74 Å². The fourth-order valence-corrected chi connectivity index (χ4v) is 3.72. The average Bonchev–Trinajstić information content (AvgIpc) is 2.84. The number of fused-ring (bicyclic) bond motifs is 1. The van der Waals surface area contributed by atoms with E-state index in [-0.39, 0.29) is 0 Å². The minimum atomic E-state index is 0.485. The smallest absolute Gasteiger partial charge is 0.138 e. The van der Waals surface area contributed by atoms with Gasteiger partial charge in [-0.1, -0.05) is 35.9 Å². The normalized spacial score (nSPS) is 11.0. The molecular formula is C17H16ClNOS. The van der Waals surface area contributed by atoms with Gasteiger partial charge in [0, 0.05) is 21.7 Å². The van der Waals surface area contributed by atoms with Crippen molar-refractivity contribution in [2.45, 2.75) is 20.1 Å². The number of rotatable bonds is 4. The van der Waals surface area contributed by atoms with E-state index in [4.69, 9.17) is 22.1 Å². The second kappa shape index (κ2) is 6.06. The molecule has 0 bridgehead atoms. The predicted octanol–water partition coefficient (Wildman–Crippen LogP) is 4.90. The molecule has 21 heavy (non-hydrogen) atoms. The van der Waals surface area contributed by atoms with Crippen LogP contribution in [-0.2, 0) is 13.2 Å². The summed E-state index contributed by atoms with van der Waals surface area (Å²) in [7, 11) is 0. The van der Waals surface area contributed by atoms with Gasteiger partial charge in [-0.05, 0) is 36.1 Å². The molecule has 0 saturated carbocycles. The molecule has 0 amide bonds. The zero-order valence-electron chi connectivity index (χ0n) is 11.7. The Morgan fingerprint density at radius 1 is 1.19 bits per heavy atom. The molecule has 0 atom stereocenters. The molecule has 0 fully saturated rings. The van der Waals surface area contributed by atoms with E-state index in [1.54, 1.807) is 11.3 Å². The van der Waals surface area contributed by atoms with Crippen LogP contribution in [0.15, 0.2) is 42.5 Å². The Morgan fingerprint density at radius 2 is 2.00 bits per heavy atom. The molecule has 0 aliphatic carbocycles. The van der Waals surface area contributed by atoms with Crippen LogP contribution in [0.3, 0.4) is 0 Å². The van der Waals surface area contributed by atoms with Crippen molar-refractivity contribution in [2.75, 3.05) is 0 Å². The fourth-order valence-electron chi connectivity index (χ4n) is 2.35. The first kappa shape index (κ1) is 14.4. The van der Waals surface area contributed by atoms with Crippen molar-refractivity contribution >= 4 is 33.0 Å². The van der Waals surface area contributed by atoms with Crippen LogP contribution in [0.5, 0.6) is 5.75 Å². The number of halogens is 1. The zero-order chi connectivity index (χ0) is 14.8. The lowest BCUT2D eigenvalue weighted by Gasteiger charge is -2.09. The highest BCUT2D eigenvalue weighted by Crippen LogP contribution is 2.33. The lowest BCUT2D eigenvalue weighted by Crippen LogP contribution is -2.02. The van der Waals surface area contributed by atoms with E-state index < -0.39 is 0 Å². The van der Waals surface area contributed by atoms with Gasteiger partial charge in [0.15, 0.2) is 0 Å². The van der Waals surface area contributed by atoms with Crippen LogP contribution in [0.4, 0.5) is 0 Å². The Morgan fingerprint density at radius 3 is 2.76 bits per heavy atom. The lowest BCUT2D eigenvalue weighted by atomic mass is 10.1. The fraction of sp³-hybridized carbons (Fsp3) is 0.176. The van der Waals surface area contributed by atoms with Gasteiger partial charge in [-0.3, -0.25) is 0 Å². The minimum absolute atomic E-state index is 0.485. The van der Waals surface area contributed by atoms with Crippen LogP contribution in [0.1, 0.15) is 16.0 Å². The van der Waals surface area contributed by atoms with Gasteiger partial charge in [0.1, 0.15) is 12.4 Å². The topological polar surface area (TPSA) is 35.2 Å². The largest absolute Gasteiger partial charge is 0.487 e. The molecule has 0 saturated heterocycles. The standard InChI is InChI=1S/C17H16ClNOS/c1-11-6-7-15(14(18)8-11)20-10-13-12-4-2-3-5-16(12)21-17(13)9-19/h2-8H,9-10,19H2,1H3. The highest BCUT2D eigenvalue weighted by Gasteiger charge is 2.12. The Balaban J connectivity index is 1.91. The van der Waals surface area contributed by atoms with Gasteiger partial charge < -0.3 is 10.5 Å². The summed E-state index contributed by atoms with van der Waals surface area (Å²) >= 11 is 7.94. The molecule has 2 aromatic carbocycles. The first-order valence-corrected chi connectivity index (χ1v) is 7.97. The summed E-state index contributed by atoms with van der Waals surface area (Å²) < 4.78 is 7.15. The summed E-state index contributed by atoms with van der Waals surface area (Å²) in [6.45, 7) is 3.02. The maximum atomic E-state index is 6.21. The van der Waals surface area contributed by atoms with E-state index in [1.165, 1.54) is 15.0 Å². The van der Waals surface area contributed by atoms with Gasteiger partial charge in [-0.25, -0.2) is 0 Å². The van der Waals surface area contributed by atoms with E-state index in [2.05, 4.69) is 12.1 Å². The summed E-state index contributed by atoms with van der Waals surface area (Å²) in [5.74, 6) is 0.709. The molecule has 1 aromatic heterocycles. The van der Waals surface area contributed by atoms with Crippen LogP contribution < -0.4 is 10.5 Å². The van der Waals surface area contributed by atoms with Crippen LogP contribution >= 0.6 is 22.9 Å². The quantitative estimate of drug-likeness (QED) is 0.742. The molecule has 2 N–H and O–H groups in total. The van der Waals surface area contributed by atoms with Gasteiger partial charge >= 0.3 is 0 Å². The third-order valence-electron chi connectivity index (χ3n) is 3.43. The van der Waals surface area contributed by atoms with Gasteiger partial charge in [-0.2, -0.15) is 0 Å². The maximum Gasteiger partial charge on any atom is 0.138 e. The Hall–Kier alpha value is -1.55. The lowest BCUT2D eigenvalue weighted by molar-refractivity contribution is 0.307.